The summed E-state index contributed by atoms with van der Waals surface area (Å²) in [6.07, 6.45) is 1.47. The van der Waals surface area contributed by atoms with Crippen LogP contribution in [-0.4, -0.2) is 21.0 Å². The molecule has 1 aromatic heterocycles. The van der Waals surface area contributed by atoms with Gasteiger partial charge in [-0.1, -0.05) is 17.3 Å². The van der Waals surface area contributed by atoms with Crippen molar-refractivity contribution in [3.8, 4) is 0 Å². The van der Waals surface area contributed by atoms with E-state index in [9.17, 15) is 0 Å². The number of aromatic nitrogens is 2. The first-order chi connectivity index (χ1) is 6.81. The quantitative estimate of drug-likeness (QED) is 0.299. The Hall–Kier alpha value is -2.17. The number of nitrogens with two attached hydrogens (primary N) is 1. The molecule has 1 aromatic carbocycles. The third-order valence-corrected chi connectivity index (χ3v) is 1.82. The van der Waals surface area contributed by atoms with Crippen LogP contribution in [0.25, 0.3) is 11.0 Å². The zero-order valence-corrected chi connectivity index (χ0v) is 7.25. The summed E-state index contributed by atoms with van der Waals surface area (Å²) in [4.78, 5) is 8.28. The average Bonchev–Trinajstić information content (AvgIpc) is 2.27. The lowest BCUT2D eigenvalue weighted by atomic mass is 10.3. The fourth-order valence-electron chi connectivity index (χ4n) is 1.13. The molecule has 0 radical (unpaired) electrons. The Labute approximate surface area is 79.9 Å². The molecule has 2 aromatic rings. The van der Waals surface area contributed by atoms with Crippen LogP contribution in [0.5, 0.6) is 0 Å². The van der Waals surface area contributed by atoms with Crippen LogP contribution in [-0.2, 0) is 0 Å². The summed E-state index contributed by atoms with van der Waals surface area (Å²) in [6, 6.07) is 7.39. The first-order valence-electron chi connectivity index (χ1n) is 4.01. The molecule has 0 saturated heterocycles. The van der Waals surface area contributed by atoms with E-state index >= 15 is 0 Å². The van der Waals surface area contributed by atoms with E-state index in [-0.39, 0.29) is 5.84 Å². The van der Waals surface area contributed by atoms with Gasteiger partial charge in [0.15, 0.2) is 5.84 Å². The van der Waals surface area contributed by atoms with Crippen LogP contribution < -0.4 is 5.73 Å². The molecule has 0 aliphatic rings. The third-order valence-electron chi connectivity index (χ3n) is 1.82. The van der Waals surface area contributed by atoms with Crippen LogP contribution in [0.2, 0.25) is 0 Å². The molecule has 0 fully saturated rings. The fourth-order valence-corrected chi connectivity index (χ4v) is 1.13. The molecular formula is C9H8N4O. The van der Waals surface area contributed by atoms with Crippen molar-refractivity contribution in [3.05, 3.63) is 36.2 Å². The highest BCUT2D eigenvalue weighted by Gasteiger charge is 2.02. The van der Waals surface area contributed by atoms with Crippen LogP contribution in [0.3, 0.4) is 0 Å². The highest BCUT2D eigenvalue weighted by atomic mass is 16.4. The van der Waals surface area contributed by atoms with Crippen molar-refractivity contribution < 1.29 is 5.21 Å². The van der Waals surface area contributed by atoms with E-state index in [4.69, 9.17) is 10.9 Å². The summed E-state index contributed by atoms with van der Waals surface area (Å²) in [5.74, 6) is -0.0387. The first kappa shape index (κ1) is 8.43. The number of para-hydroxylation sites is 2. The molecule has 2 rings (SSSR count). The van der Waals surface area contributed by atoms with Crippen LogP contribution in [0.1, 0.15) is 5.69 Å². The van der Waals surface area contributed by atoms with Gasteiger partial charge in [0.25, 0.3) is 0 Å². The van der Waals surface area contributed by atoms with Gasteiger partial charge in [-0.15, -0.1) is 0 Å². The molecule has 0 spiro atoms. The maximum absolute atomic E-state index is 8.46. The molecule has 1 heterocycles. The van der Waals surface area contributed by atoms with Gasteiger partial charge in [-0.25, -0.2) is 4.98 Å². The van der Waals surface area contributed by atoms with Crippen LogP contribution in [0.4, 0.5) is 0 Å². The maximum atomic E-state index is 8.46. The standard InChI is InChI=1S/C9H8N4O/c10-9(13-14)8-5-11-6-3-1-2-4-7(6)12-8/h1-5,14H,(H2,10,13). The SMILES string of the molecule is N/C(=N\O)c1cnc2ccccc2n1. The van der Waals surface area contributed by atoms with E-state index in [2.05, 4.69) is 15.1 Å². The number of oxime groups is 1. The van der Waals surface area contributed by atoms with Gasteiger partial charge in [0.2, 0.25) is 0 Å². The second kappa shape index (κ2) is 3.29. The highest BCUT2D eigenvalue weighted by molar-refractivity contribution is 5.96. The molecule has 0 saturated carbocycles. The fraction of sp³-hybridized carbons (Fsp3) is 0. The molecule has 0 aliphatic heterocycles. The Morgan fingerprint density at radius 1 is 1.29 bits per heavy atom. The third kappa shape index (κ3) is 1.35. The number of benzene rings is 1. The lowest BCUT2D eigenvalue weighted by molar-refractivity contribution is 0.318. The molecule has 0 unspecified atom stereocenters. The summed E-state index contributed by atoms with van der Waals surface area (Å²) < 4.78 is 0. The topological polar surface area (TPSA) is 84.4 Å². The minimum atomic E-state index is -0.0387. The number of hydrogen-bond acceptors (Lipinski definition) is 4. The van der Waals surface area contributed by atoms with E-state index < -0.39 is 0 Å². The second-order valence-electron chi connectivity index (χ2n) is 2.73. The lowest BCUT2D eigenvalue weighted by Crippen LogP contribution is -2.15. The van der Waals surface area contributed by atoms with Gasteiger partial charge in [-0.05, 0) is 12.1 Å². The van der Waals surface area contributed by atoms with Gasteiger partial charge in [0.05, 0.1) is 17.2 Å². The van der Waals surface area contributed by atoms with Crippen molar-refractivity contribution in [2.24, 2.45) is 10.9 Å². The van der Waals surface area contributed by atoms with Crippen molar-refractivity contribution in [2.45, 2.75) is 0 Å². The predicted molar refractivity (Wildman–Crippen MR) is 52.0 cm³/mol. The summed E-state index contributed by atoms with van der Waals surface area (Å²) in [5.41, 5.74) is 7.25. The van der Waals surface area contributed by atoms with Crippen LogP contribution in [0.15, 0.2) is 35.6 Å². The molecule has 0 aliphatic carbocycles. The van der Waals surface area contributed by atoms with E-state index in [0.29, 0.717) is 5.69 Å². The van der Waals surface area contributed by atoms with E-state index in [1.54, 1.807) is 0 Å². The van der Waals surface area contributed by atoms with Gasteiger partial charge in [0.1, 0.15) is 5.69 Å². The minimum Gasteiger partial charge on any atom is -0.409 e. The number of fused-ring (bicyclic) bond motifs is 1. The minimum absolute atomic E-state index is 0.0387. The van der Waals surface area contributed by atoms with E-state index in [0.717, 1.165) is 11.0 Å². The van der Waals surface area contributed by atoms with Crippen molar-refractivity contribution in [3.63, 3.8) is 0 Å². The Bertz CT molecular complexity index is 495. The van der Waals surface area contributed by atoms with Gasteiger partial charge in [-0.2, -0.15) is 0 Å². The van der Waals surface area contributed by atoms with E-state index in [1.165, 1.54) is 6.20 Å². The molecule has 5 heteroatoms. The Morgan fingerprint density at radius 3 is 2.71 bits per heavy atom. The van der Waals surface area contributed by atoms with Gasteiger partial charge < -0.3 is 10.9 Å². The molecule has 0 bridgehead atoms. The largest absolute Gasteiger partial charge is 0.409 e. The van der Waals surface area contributed by atoms with Crippen LogP contribution >= 0.6 is 0 Å². The Balaban J connectivity index is 2.62. The normalized spacial score (nSPS) is 11.9. The van der Waals surface area contributed by atoms with Crippen molar-refractivity contribution in [1.82, 2.24) is 9.97 Å². The zero-order valence-electron chi connectivity index (χ0n) is 7.25. The molecule has 0 atom stereocenters. The van der Waals surface area contributed by atoms with Crippen molar-refractivity contribution in [2.75, 3.05) is 0 Å². The first-order valence-corrected chi connectivity index (χ1v) is 4.01. The molecule has 70 valence electrons. The Morgan fingerprint density at radius 2 is 2.00 bits per heavy atom. The predicted octanol–water partition coefficient (Wildman–Crippen LogP) is 0.724. The lowest BCUT2D eigenvalue weighted by Gasteiger charge is -1.99. The monoisotopic (exact) mass is 188 g/mol. The highest BCUT2D eigenvalue weighted by Crippen LogP contribution is 2.07. The number of hydrogen-bond donors (Lipinski definition) is 2. The maximum Gasteiger partial charge on any atom is 0.190 e. The summed E-state index contributed by atoms with van der Waals surface area (Å²) >= 11 is 0. The second-order valence-corrected chi connectivity index (χ2v) is 2.73. The number of nitrogens with zero attached hydrogens (tertiary/aromatic N) is 3. The van der Waals surface area contributed by atoms with Crippen LogP contribution in [0, 0.1) is 0 Å². The smallest absolute Gasteiger partial charge is 0.190 e. The van der Waals surface area contributed by atoms with E-state index in [1.807, 2.05) is 24.3 Å². The van der Waals surface area contributed by atoms with Crippen molar-refractivity contribution >= 4 is 16.9 Å². The Kier molecular flexibility index (Phi) is 1.98. The number of amidine groups is 1. The van der Waals surface area contributed by atoms with Gasteiger partial charge in [-0.3, -0.25) is 4.98 Å². The van der Waals surface area contributed by atoms with Gasteiger partial charge >= 0.3 is 0 Å². The molecule has 5 nitrogen and oxygen atoms in total. The van der Waals surface area contributed by atoms with Gasteiger partial charge in [0, 0.05) is 0 Å². The average molecular weight is 188 g/mol. The van der Waals surface area contributed by atoms with Crippen molar-refractivity contribution in [1.29, 1.82) is 0 Å². The molecule has 0 amide bonds. The molecular weight excluding hydrogens is 180 g/mol. The summed E-state index contributed by atoms with van der Waals surface area (Å²) in [7, 11) is 0. The summed E-state index contributed by atoms with van der Waals surface area (Å²) in [6.45, 7) is 0. The summed E-state index contributed by atoms with van der Waals surface area (Å²) in [5, 5.41) is 11.3. The molecule has 14 heavy (non-hydrogen) atoms. The number of rotatable bonds is 1. The molecule has 3 N–H and O–H groups in total. The zero-order chi connectivity index (χ0) is 9.97.